The van der Waals surface area contributed by atoms with E-state index in [-0.39, 0.29) is 5.69 Å². The lowest BCUT2D eigenvalue weighted by Gasteiger charge is -2.20. The maximum Gasteiger partial charge on any atom is 0.435 e. The number of aromatic nitrogens is 2. The fourth-order valence-corrected chi connectivity index (χ4v) is 2.00. The molecule has 1 heterocycles. The van der Waals surface area contributed by atoms with E-state index >= 15 is 0 Å². The van der Waals surface area contributed by atoms with Gasteiger partial charge in [0.15, 0.2) is 5.69 Å². The summed E-state index contributed by atoms with van der Waals surface area (Å²) in [7, 11) is 0. The first kappa shape index (κ1) is 18.3. The number of nitrogens with one attached hydrogen (secondary N) is 1. The molecule has 2 rings (SSSR count). The minimum Gasteiger partial charge on any atom is -0.444 e. The molecule has 1 aromatic heterocycles. The summed E-state index contributed by atoms with van der Waals surface area (Å²) in [6.45, 7) is 4.78. The highest BCUT2D eigenvalue weighted by Crippen LogP contribution is 2.36. The highest BCUT2D eigenvalue weighted by Gasteiger charge is 2.39. The number of nitrogens with zero attached hydrogens (tertiary/aromatic N) is 3. The van der Waals surface area contributed by atoms with Gasteiger partial charge in [0.1, 0.15) is 5.60 Å². The van der Waals surface area contributed by atoms with Crippen molar-refractivity contribution in [3.8, 4) is 11.8 Å². The Balaban J connectivity index is 2.41. The Hall–Kier alpha value is -3.02. The first-order valence-electron chi connectivity index (χ1n) is 7.17. The van der Waals surface area contributed by atoms with Crippen molar-refractivity contribution in [2.24, 2.45) is 0 Å². The number of hydrogen-bond acceptors (Lipinski definition) is 4. The Morgan fingerprint density at radius 3 is 2.32 bits per heavy atom. The van der Waals surface area contributed by atoms with Crippen molar-refractivity contribution < 1.29 is 22.7 Å². The molecule has 6 nitrogen and oxygen atoms in total. The van der Waals surface area contributed by atoms with E-state index in [0.717, 1.165) is 6.20 Å². The van der Waals surface area contributed by atoms with Gasteiger partial charge in [0.2, 0.25) is 0 Å². The number of carbonyl (C=O) groups is 1. The van der Waals surface area contributed by atoms with E-state index in [1.165, 1.54) is 24.3 Å². The van der Waals surface area contributed by atoms with E-state index < -0.39 is 29.3 Å². The van der Waals surface area contributed by atoms with Crippen LogP contribution in [0, 0.1) is 11.3 Å². The van der Waals surface area contributed by atoms with E-state index in [9.17, 15) is 18.0 Å². The average molecular weight is 352 g/mol. The van der Waals surface area contributed by atoms with Gasteiger partial charge >= 0.3 is 12.3 Å². The number of ether oxygens (including phenoxy) is 1. The molecular weight excluding hydrogens is 337 g/mol. The molecule has 0 bridgehead atoms. The van der Waals surface area contributed by atoms with Gasteiger partial charge in [0.05, 0.1) is 29.2 Å². The lowest BCUT2D eigenvalue weighted by atomic mass is 10.2. The third-order valence-electron chi connectivity index (χ3n) is 2.91. The topological polar surface area (TPSA) is 79.9 Å². The van der Waals surface area contributed by atoms with Gasteiger partial charge in [-0.05, 0) is 45.0 Å². The number of rotatable bonds is 2. The minimum atomic E-state index is -4.77. The van der Waals surface area contributed by atoms with Gasteiger partial charge in [-0.15, -0.1) is 0 Å². The summed E-state index contributed by atoms with van der Waals surface area (Å²) in [4.78, 5) is 11.8. The molecule has 0 aliphatic heterocycles. The van der Waals surface area contributed by atoms with E-state index in [2.05, 4.69) is 10.4 Å². The molecule has 0 aliphatic carbocycles. The molecule has 9 heteroatoms. The van der Waals surface area contributed by atoms with Gasteiger partial charge in [-0.2, -0.15) is 23.5 Å². The fraction of sp³-hybridized carbons (Fsp3) is 0.312. The summed E-state index contributed by atoms with van der Waals surface area (Å²) < 4.78 is 46.0. The van der Waals surface area contributed by atoms with Crippen LogP contribution in [0.25, 0.3) is 5.69 Å². The molecule has 0 radical (unpaired) electrons. The lowest BCUT2D eigenvalue weighted by molar-refractivity contribution is -0.142. The van der Waals surface area contributed by atoms with Gasteiger partial charge in [-0.1, -0.05) is 0 Å². The van der Waals surface area contributed by atoms with E-state index in [0.29, 0.717) is 10.2 Å². The summed E-state index contributed by atoms with van der Waals surface area (Å²) in [6.07, 6.45) is -4.89. The second-order valence-electron chi connectivity index (χ2n) is 6.10. The largest absolute Gasteiger partial charge is 0.444 e. The van der Waals surface area contributed by atoms with Crippen LogP contribution < -0.4 is 5.32 Å². The second kappa shape index (κ2) is 6.47. The number of anilines is 1. The van der Waals surface area contributed by atoms with Crippen molar-refractivity contribution >= 4 is 11.8 Å². The molecule has 132 valence electrons. The third kappa shape index (κ3) is 4.50. The first-order valence-corrected chi connectivity index (χ1v) is 7.17. The molecule has 1 amide bonds. The zero-order chi connectivity index (χ0) is 18.8. The summed E-state index contributed by atoms with van der Waals surface area (Å²) in [5.41, 5.74) is -2.12. The zero-order valence-corrected chi connectivity index (χ0v) is 13.7. The zero-order valence-electron chi connectivity index (χ0n) is 13.7. The van der Waals surface area contributed by atoms with Crippen LogP contribution in [0.15, 0.2) is 30.5 Å². The summed E-state index contributed by atoms with van der Waals surface area (Å²) >= 11 is 0. The molecule has 0 spiro atoms. The standard InChI is InChI=1S/C16H15F3N4O2/c1-15(2,3)25-14(24)22-12-9-21-23(13(12)16(17,18)19)11-6-4-10(8-20)5-7-11/h4-7,9H,1-3H3,(H,22,24). The third-order valence-corrected chi connectivity index (χ3v) is 2.91. The number of carbonyl (C=O) groups excluding carboxylic acids is 1. The summed E-state index contributed by atoms with van der Waals surface area (Å²) in [6, 6.07) is 7.29. The number of hydrogen-bond donors (Lipinski definition) is 1. The molecule has 1 aromatic carbocycles. The quantitative estimate of drug-likeness (QED) is 0.882. The van der Waals surface area contributed by atoms with Crippen LogP contribution in [0.4, 0.5) is 23.7 Å². The van der Waals surface area contributed by atoms with Crippen LogP contribution >= 0.6 is 0 Å². The summed E-state index contributed by atoms with van der Waals surface area (Å²) in [5, 5.41) is 14.5. The SMILES string of the molecule is CC(C)(C)OC(=O)Nc1cnn(-c2ccc(C#N)cc2)c1C(F)(F)F. The molecule has 0 saturated heterocycles. The van der Waals surface area contributed by atoms with E-state index in [1.807, 2.05) is 6.07 Å². The Labute approximate surface area is 141 Å². The maximum absolute atomic E-state index is 13.5. The van der Waals surface area contributed by atoms with Crippen LogP contribution in [0.1, 0.15) is 32.0 Å². The van der Waals surface area contributed by atoms with E-state index in [4.69, 9.17) is 10.00 Å². The van der Waals surface area contributed by atoms with Gasteiger partial charge in [0.25, 0.3) is 0 Å². The molecule has 0 unspecified atom stereocenters. The van der Waals surface area contributed by atoms with Crippen LogP contribution in [0.2, 0.25) is 0 Å². The molecule has 0 atom stereocenters. The lowest BCUT2D eigenvalue weighted by Crippen LogP contribution is -2.28. The van der Waals surface area contributed by atoms with Crippen LogP contribution in [-0.2, 0) is 10.9 Å². The van der Waals surface area contributed by atoms with Crippen molar-refractivity contribution in [2.45, 2.75) is 32.5 Å². The van der Waals surface area contributed by atoms with Crippen LogP contribution in [0.5, 0.6) is 0 Å². The number of alkyl halides is 3. The normalized spacial score (nSPS) is 11.7. The predicted octanol–water partition coefficient (Wildman–Crippen LogP) is 4.11. The van der Waals surface area contributed by atoms with Gasteiger partial charge in [-0.3, -0.25) is 5.32 Å². The molecule has 0 saturated carbocycles. The summed E-state index contributed by atoms with van der Waals surface area (Å²) in [5.74, 6) is 0. The van der Waals surface area contributed by atoms with Gasteiger partial charge in [-0.25, -0.2) is 9.48 Å². The smallest absolute Gasteiger partial charge is 0.435 e. The predicted molar refractivity (Wildman–Crippen MR) is 83.1 cm³/mol. The Morgan fingerprint density at radius 2 is 1.84 bits per heavy atom. The van der Waals surface area contributed by atoms with Crippen LogP contribution in [-0.4, -0.2) is 21.5 Å². The average Bonchev–Trinajstić information content (AvgIpc) is 2.89. The number of nitriles is 1. The Morgan fingerprint density at radius 1 is 1.24 bits per heavy atom. The Kier molecular flexibility index (Phi) is 4.74. The monoisotopic (exact) mass is 352 g/mol. The first-order chi connectivity index (χ1) is 11.5. The minimum absolute atomic E-state index is 0.101. The fourth-order valence-electron chi connectivity index (χ4n) is 2.00. The van der Waals surface area contributed by atoms with Crippen LogP contribution in [0.3, 0.4) is 0 Å². The highest BCUT2D eigenvalue weighted by atomic mass is 19.4. The van der Waals surface area contributed by atoms with Gasteiger partial charge in [0, 0.05) is 0 Å². The van der Waals surface area contributed by atoms with Crippen molar-refractivity contribution in [3.05, 3.63) is 41.7 Å². The Bertz CT molecular complexity index is 812. The number of halogens is 3. The van der Waals surface area contributed by atoms with Crippen molar-refractivity contribution in [2.75, 3.05) is 5.32 Å². The highest BCUT2D eigenvalue weighted by molar-refractivity contribution is 5.85. The molecule has 1 N–H and O–H groups in total. The van der Waals surface area contributed by atoms with Crippen molar-refractivity contribution in [1.29, 1.82) is 5.26 Å². The second-order valence-corrected chi connectivity index (χ2v) is 6.10. The van der Waals surface area contributed by atoms with Gasteiger partial charge < -0.3 is 4.74 Å². The van der Waals surface area contributed by atoms with Crippen molar-refractivity contribution in [1.82, 2.24) is 9.78 Å². The molecule has 0 fully saturated rings. The molecule has 0 aliphatic rings. The maximum atomic E-state index is 13.5. The van der Waals surface area contributed by atoms with E-state index in [1.54, 1.807) is 20.8 Å². The molecule has 2 aromatic rings. The number of benzene rings is 1. The molecule has 25 heavy (non-hydrogen) atoms. The number of amides is 1. The molecular formula is C16H15F3N4O2. The van der Waals surface area contributed by atoms with Crippen molar-refractivity contribution in [3.63, 3.8) is 0 Å².